The van der Waals surface area contributed by atoms with Gasteiger partial charge in [-0.1, -0.05) is 15.9 Å². The van der Waals surface area contributed by atoms with Gasteiger partial charge in [0.25, 0.3) is 0 Å². The number of ether oxygens (including phenoxy) is 2. The van der Waals surface area contributed by atoms with E-state index in [4.69, 9.17) is 14.6 Å². The zero-order chi connectivity index (χ0) is 10.8. The highest BCUT2D eigenvalue weighted by Gasteiger charge is 2.18. The molecular formula is C11H13BrO3. The molecular weight excluding hydrogens is 260 g/mol. The first-order valence-electron chi connectivity index (χ1n) is 4.92. The molecule has 1 N–H and O–H groups in total. The molecule has 1 heterocycles. The van der Waals surface area contributed by atoms with E-state index in [2.05, 4.69) is 15.9 Å². The molecule has 0 saturated heterocycles. The lowest BCUT2D eigenvalue weighted by Gasteiger charge is -2.22. The van der Waals surface area contributed by atoms with Crippen LogP contribution in [0.3, 0.4) is 0 Å². The standard InChI is InChI=1S/C11H13BrO3/c1-7-8(2-3-13)9(12)6-10-11(7)15-5-4-14-10/h6,13H,2-5H2,1H3. The van der Waals surface area contributed by atoms with Gasteiger partial charge in [0.15, 0.2) is 11.5 Å². The average Bonchev–Trinajstić information content (AvgIpc) is 2.24. The van der Waals surface area contributed by atoms with Gasteiger partial charge in [0.1, 0.15) is 13.2 Å². The lowest BCUT2D eigenvalue weighted by atomic mass is 10.0. The molecule has 1 aromatic carbocycles. The Kier molecular flexibility index (Phi) is 3.17. The molecule has 0 aromatic heterocycles. The van der Waals surface area contributed by atoms with E-state index in [1.807, 2.05) is 13.0 Å². The Balaban J connectivity index is 2.49. The van der Waals surface area contributed by atoms with Crippen LogP contribution in [0.25, 0.3) is 0 Å². The minimum atomic E-state index is 0.138. The zero-order valence-corrected chi connectivity index (χ0v) is 10.1. The molecule has 2 rings (SSSR count). The summed E-state index contributed by atoms with van der Waals surface area (Å²) in [4.78, 5) is 0. The molecule has 15 heavy (non-hydrogen) atoms. The van der Waals surface area contributed by atoms with E-state index in [1.165, 1.54) is 0 Å². The number of fused-ring (bicyclic) bond motifs is 1. The predicted octanol–water partition coefficient (Wildman–Crippen LogP) is 2.06. The van der Waals surface area contributed by atoms with E-state index in [1.54, 1.807) is 0 Å². The van der Waals surface area contributed by atoms with Crippen LogP contribution in [0, 0.1) is 6.92 Å². The van der Waals surface area contributed by atoms with Crippen molar-refractivity contribution in [1.29, 1.82) is 0 Å². The predicted molar refractivity (Wildman–Crippen MR) is 60.7 cm³/mol. The van der Waals surface area contributed by atoms with Gasteiger partial charge in [0.05, 0.1) is 0 Å². The fraction of sp³-hybridized carbons (Fsp3) is 0.455. The Labute approximate surface area is 97.1 Å². The Morgan fingerprint density at radius 3 is 2.87 bits per heavy atom. The van der Waals surface area contributed by atoms with E-state index in [0.29, 0.717) is 19.6 Å². The molecule has 0 atom stereocenters. The van der Waals surface area contributed by atoms with Crippen molar-refractivity contribution in [3.8, 4) is 11.5 Å². The first kappa shape index (κ1) is 10.8. The fourth-order valence-electron chi connectivity index (χ4n) is 1.77. The van der Waals surface area contributed by atoms with Crippen LogP contribution in [0.4, 0.5) is 0 Å². The molecule has 4 heteroatoms. The van der Waals surface area contributed by atoms with Crippen molar-refractivity contribution < 1.29 is 14.6 Å². The van der Waals surface area contributed by atoms with E-state index in [0.717, 1.165) is 27.1 Å². The molecule has 0 amide bonds. The van der Waals surface area contributed by atoms with Crippen molar-refractivity contribution in [2.75, 3.05) is 19.8 Å². The number of aliphatic hydroxyl groups is 1. The van der Waals surface area contributed by atoms with Crippen LogP contribution in [-0.2, 0) is 6.42 Å². The Hall–Kier alpha value is -0.740. The van der Waals surface area contributed by atoms with Gasteiger partial charge in [-0.15, -0.1) is 0 Å². The summed E-state index contributed by atoms with van der Waals surface area (Å²) in [5.41, 5.74) is 2.13. The number of benzene rings is 1. The third-order valence-electron chi connectivity index (χ3n) is 2.51. The van der Waals surface area contributed by atoms with Crippen molar-refractivity contribution in [2.45, 2.75) is 13.3 Å². The molecule has 3 nitrogen and oxygen atoms in total. The highest BCUT2D eigenvalue weighted by atomic mass is 79.9. The molecule has 1 aromatic rings. The summed E-state index contributed by atoms with van der Waals surface area (Å²) in [6.45, 7) is 3.31. The van der Waals surface area contributed by atoms with E-state index in [-0.39, 0.29) is 6.61 Å². The average molecular weight is 273 g/mol. The molecule has 0 bridgehead atoms. The highest BCUT2D eigenvalue weighted by Crippen LogP contribution is 2.39. The van der Waals surface area contributed by atoms with Gasteiger partial charge in [-0.25, -0.2) is 0 Å². The van der Waals surface area contributed by atoms with Crippen molar-refractivity contribution in [1.82, 2.24) is 0 Å². The quantitative estimate of drug-likeness (QED) is 0.896. The summed E-state index contributed by atoms with van der Waals surface area (Å²) in [7, 11) is 0. The second-order valence-corrected chi connectivity index (χ2v) is 4.31. The molecule has 1 aliphatic rings. The summed E-state index contributed by atoms with van der Waals surface area (Å²) < 4.78 is 12.0. The van der Waals surface area contributed by atoms with Gasteiger partial charge in [-0.05, 0) is 30.5 Å². The fourth-order valence-corrected chi connectivity index (χ4v) is 2.47. The molecule has 0 radical (unpaired) electrons. The van der Waals surface area contributed by atoms with Gasteiger partial charge in [0, 0.05) is 11.1 Å². The van der Waals surface area contributed by atoms with Crippen molar-refractivity contribution in [3.63, 3.8) is 0 Å². The first-order valence-corrected chi connectivity index (χ1v) is 5.71. The van der Waals surface area contributed by atoms with Crippen LogP contribution < -0.4 is 9.47 Å². The van der Waals surface area contributed by atoms with Gasteiger partial charge in [-0.3, -0.25) is 0 Å². The van der Waals surface area contributed by atoms with Crippen LogP contribution in [-0.4, -0.2) is 24.9 Å². The van der Waals surface area contributed by atoms with Crippen molar-refractivity contribution in [2.24, 2.45) is 0 Å². The highest BCUT2D eigenvalue weighted by molar-refractivity contribution is 9.10. The molecule has 0 saturated carbocycles. The molecule has 0 unspecified atom stereocenters. The van der Waals surface area contributed by atoms with Gasteiger partial charge in [0.2, 0.25) is 0 Å². The molecule has 0 spiro atoms. The maximum absolute atomic E-state index is 8.98. The van der Waals surface area contributed by atoms with Gasteiger partial charge < -0.3 is 14.6 Å². The third kappa shape index (κ3) is 1.96. The summed E-state index contributed by atoms with van der Waals surface area (Å²) >= 11 is 3.48. The van der Waals surface area contributed by atoms with Crippen LogP contribution in [0.1, 0.15) is 11.1 Å². The summed E-state index contributed by atoms with van der Waals surface area (Å²) in [6, 6.07) is 1.91. The second-order valence-electron chi connectivity index (χ2n) is 3.46. The number of hydrogen-bond acceptors (Lipinski definition) is 3. The lowest BCUT2D eigenvalue weighted by molar-refractivity contribution is 0.170. The Morgan fingerprint density at radius 1 is 1.40 bits per heavy atom. The number of rotatable bonds is 2. The van der Waals surface area contributed by atoms with Crippen molar-refractivity contribution >= 4 is 15.9 Å². The minimum absolute atomic E-state index is 0.138. The van der Waals surface area contributed by atoms with Crippen LogP contribution in [0.5, 0.6) is 11.5 Å². The number of halogens is 1. The van der Waals surface area contributed by atoms with Gasteiger partial charge >= 0.3 is 0 Å². The maximum Gasteiger partial charge on any atom is 0.164 e. The summed E-state index contributed by atoms with van der Waals surface area (Å²) in [5.74, 6) is 1.60. The molecule has 0 fully saturated rings. The van der Waals surface area contributed by atoms with Gasteiger partial charge in [-0.2, -0.15) is 0 Å². The monoisotopic (exact) mass is 272 g/mol. The second kappa shape index (κ2) is 4.41. The van der Waals surface area contributed by atoms with E-state index in [9.17, 15) is 0 Å². The molecule has 1 aliphatic heterocycles. The van der Waals surface area contributed by atoms with E-state index < -0.39 is 0 Å². The number of aliphatic hydroxyl groups excluding tert-OH is 1. The smallest absolute Gasteiger partial charge is 0.164 e. The SMILES string of the molecule is Cc1c(CCO)c(Br)cc2c1OCCO2. The van der Waals surface area contributed by atoms with E-state index >= 15 is 0 Å². The normalized spacial score (nSPS) is 14.1. The van der Waals surface area contributed by atoms with Crippen LogP contribution >= 0.6 is 15.9 Å². The maximum atomic E-state index is 8.98. The van der Waals surface area contributed by atoms with Crippen molar-refractivity contribution in [3.05, 3.63) is 21.7 Å². The Bertz CT molecular complexity index is 377. The molecule has 82 valence electrons. The van der Waals surface area contributed by atoms with Crippen LogP contribution in [0.2, 0.25) is 0 Å². The Morgan fingerprint density at radius 2 is 2.13 bits per heavy atom. The summed E-state index contributed by atoms with van der Waals surface area (Å²) in [6.07, 6.45) is 0.628. The minimum Gasteiger partial charge on any atom is -0.486 e. The first-order chi connectivity index (χ1) is 7.24. The van der Waals surface area contributed by atoms with Crippen LogP contribution in [0.15, 0.2) is 10.5 Å². The third-order valence-corrected chi connectivity index (χ3v) is 3.22. The molecule has 0 aliphatic carbocycles. The topological polar surface area (TPSA) is 38.7 Å². The largest absolute Gasteiger partial charge is 0.486 e. The summed E-state index contributed by atoms with van der Waals surface area (Å²) in [5, 5.41) is 8.98. The number of hydrogen-bond donors (Lipinski definition) is 1. The zero-order valence-electron chi connectivity index (χ0n) is 8.55. The lowest BCUT2D eigenvalue weighted by Crippen LogP contribution is -2.17.